The van der Waals surface area contributed by atoms with Crippen molar-refractivity contribution in [3.63, 3.8) is 0 Å². The van der Waals surface area contributed by atoms with Crippen molar-refractivity contribution in [2.24, 2.45) is 23.5 Å². The van der Waals surface area contributed by atoms with Gasteiger partial charge in [-0.05, 0) is 61.6 Å². The topological polar surface area (TPSA) is 64.8 Å². The third kappa shape index (κ3) is 8.73. The number of amides is 1. The van der Waals surface area contributed by atoms with Gasteiger partial charge in [0, 0.05) is 45.8 Å². The van der Waals surface area contributed by atoms with Crippen LogP contribution in [0.2, 0.25) is 0 Å². The molecule has 1 aliphatic heterocycles. The molecule has 0 aromatic heterocycles. The first-order chi connectivity index (χ1) is 17.2. The lowest BCUT2D eigenvalue weighted by Crippen LogP contribution is -2.43. The Bertz CT molecular complexity index is 762. The zero-order valence-electron chi connectivity index (χ0n) is 22.0. The second-order valence-electron chi connectivity index (χ2n) is 10.6. The lowest BCUT2D eigenvalue weighted by molar-refractivity contribution is -0.135. The molecule has 3 atom stereocenters. The zero-order chi connectivity index (χ0) is 24.9. The molecule has 1 aromatic carbocycles. The molecule has 1 amide bonds. The van der Waals surface area contributed by atoms with Crippen molar-refractivity contribution >= 4 is 5.91 Å². The first-order valence-electron chi connectivity index (χ1n) is 13.9. The molecule has 3 rings (SSSR count). The third-order valence-corrected chi connectivity index (χ3v) is 7.94. The van der Waals surface area contributed by atoms with Gasteiger partial charge in [-0.3, -0.25) is 4.79 Å². The number of allylic oxidation sites excluding steroid dienone is 1. The molecular formula is C30H48N2O3. The van der Waals surface area contributed by atoms with Crippen LogP contribution in [-0.4, -0.2) is 50.8 Å². The van der Waals surface area contributed by atoms with Crippen molar-refractivity contribution < 1.29 is 14.3 Å². The van der Waals surface area contributed by atoms with Gasteiger partial charge < -0.3 is 20.1 Å². The lowest BCUT2D eigenvalue weighted by atomic mass is 9.81. The van der Waals surface area contributed by atoms with Crippen LogP contribution < -0.4 is 5.73 Å². The molecule has 2 fully saturated rings. The molecule has 35 heavy (non-hydrogen) atoms. The van der Waals surface area contributed by atoms with E-state index in [1.54, 1.807) is 7.11 Å². The van der Waals surface area contributed by atoms with Gasteiger partial charge in [0.15, 0.2) is 0 Å². The number of hydrogen-bond donors (Lipinski definition) is 1. The van der Waals surface area contributed by atoms with Crippen LogP contribution in [-0.2, 0) is 20.7 Å². The number of ether oxygens (including phenoxy) is 2. The van der Waals surface area contributed by atoms with Crippen molar-refractivity contribution in [3.8, 4) is 0 Å². The van der Waals surface area contributed by atoms with E-state index < -0.39 is 0 Å². The fourth-order valence-corrected chi connectivity index (χ4v) is 6.06. The normalized spacial score (nSPS) is 21.0. The van der Waals surface area contributed by atoms with E-state index >= 15 is 0 Å². The van der Waals surface area contributed by atoms with E-state index in [1.165, 1.54) is 43.2 Å². The van der Waals surface area contributed by atoms with Gasteiger partial charge in [0.25, 0.3) is 0 Å². The van der Waals surface area contributed by atoms with Gasteiger partial charge in [0.05, 0.1) is 6.10 Å². The van der Waals surface area contributed by atoms with Crippen molar-refractivity contribution in [2.75, 3.05) is 40.0 Å². The second kappa shape index (κ2) is 15.4. The fourth-order valence-electron chi connectivity index (χ4n) is 6.06. The van der Waals surface area contributed by atoms with Gasteiger partial charge >= 0.3 is 0 Å². The number of carbonyl (C=O) groups is 1. The highest BCUT2D eigenvalue weighted by Crippen LogP contribution is 2.36. The van der Waals surface area contributed by atoms with Crippen LogP contribution in [0.15, 0.2) is 36.9 Å². The predicted octanol–water partition coefficient (Wildman–Crippen LogP) is 5.68. The molecule has 2 N–H and O–H groups in total. The van der Waals surface area contributed by atoms with Crippen LogP contribution in [0.3, 0.4) is 0 Å². The average molecular weight is 485 g/mol. The number of piperidine rings is 1. The van der Waals surface area contributed by atoms with E-state index in [1.807, 2.05) is 6.08 Å². The Morgan fingerprint density at radius 3 is 2.71 bits per heavy atom. The minimum Gasteiger partial charge on any atom is -0.385 e. The van der Waals surface area contributed by atoms with Gasteiger partial charge in [-0.15, -0.1) is 6.58 Å². The van der Waals surface area contributed by atoms with E-state index in [0.717, 1.165) is 51.1 Å². The summed E-state index contributed by atoms with van der Waals surface area (Å²) < 4.78 is 11.7. The summed E-state index contributed by atoms with van der Waals surface area (Å²) in [6, 6.07) is 8.54. The molecule has 0 bridgehead atoms. The summed E-state index contributed by atoms with van der Waals surface area (Å²) in [4.78, 5) is 15.5. The summed E-state index contributed by atoms with van der Waals surface area (Å²) >= 11 is 0. The smallest absolute Gasteiger partial charge is 0.222 e. The highest BCUT2D eigenvalue weighted by molar-refractivity contribution is 5.76. The Morgan fingerprint density at radius 2 is 1.97 bits per heavy atom. The number of methoxy groups -OCH3 is 1. The molecule has 1 saturated carbocycles. The zero-order valence-corrected chi connectivity index (χ0v) is 22.0. The van der Waals surface area contributed by atoms with E-state index in [2.05, 4.69) is 35.7 Å². The van der Waals surface area contributed by atoms with Crippen LogP contribution in [0.25, 0.3) is 0 Å². The number of nitrogens with zero attached hydrogens (tertiary/aromatic N) is 1. The molecular weight excluding hydrogens is 436 g/mol. The van der Waals surface area contributed by atoms with Gasteiger partial charge in [-0.25, -0.2) is 0 Å². The number of likely N-dealkylation sites (tertiary alicyclic amines) is 1. The van der Waals surface area contributed by atoms with E-state index in [4.69, 9.17) is 15.2 Å². The monoisotopic (exact) mass is 484 g/mol. The maximum atomic E-state index is 13.4. The SMILES string of the molecule is C=CCc1ccccc1[C@H](OCCCOC)[C@@H]1CCCN(C(=O)C[C@H](CN)CC2CCCCC2)C1. The van der Waals surface area contributed by atoms with Crippen LogP contribution in [0, 0.1) is 17.8 Å². The minimum atomic E-state index is -0.0221. The Labute approximate surface area is 213 Å². The quantitative estimate of drug-likeness (QED) is 0.272. The Balaban J connectivity index is 1.66. The van der Waals surface area contributed by atoms with Crippen molar-refractivity contribution in [1.82, 2.24) is 4.90 Å². The van der Waals surface area contributed by atoms with E-state index in [0.29, 0.717) is 32.1 Å². The standard InChI is InChI=1S/C30H48N2O3/c1-3-11-26-14-7-8-16-28(26)30(35-19-10-18-34-2)27-15-9-17-32(23-27)29(33)21-25(22-31)20-24-12-5-4-6-13-24/h3,7-8,14,16,24-25,27,30H,1,4-6,9-13,15,17-23,31H2,2H3/t25-,27-,30-/m1/s1. The summed E-state index contributed by atoms with van der Waals surface area (Å²) in [5.74, 6) is 1.63. The molecule has 1 aliphatic carbocycles. The molecule has 2 aliphatic rings. The third-order valence-electron chi connectivity index (χ3n) is 7.94. The van der Waals surface area contributed by atoms with Crippen molar-refractivity contribution in [2.45, 2.75) is 76.7 Å². The molecule has 1 aromatic rings. The van der Waals surface area contributed by atoms with Gasteiger partial charge in [-0.1, -0.05) is 62.4 Å². The van der Waals surface area contributed by atoms with Gasteiger partial charge in [0.1, 0.15) is 0 Å². The highest BCUT2D eigenvalue weighted by atomic mass is 16.5. The number of benzene rings is 1. The van der Waals surface area contributed by atoms with Crippen molar-refractivity contribution in [1.29, 1.82) is 0 Å². The fraction of sp³-hybridized carbons (Fsp3) is 0.700. The van der Waals surface area contributed by atoms with Gasteiger partial charge in [-0.2, -0.15) is 0 Å². The Kier molecular flexibility index (Phi) is 12.3. The van der Waals surface area contributed by atoms with E-state index in [-0.39, 0.29) is 17.9 Å². The maximum Gasteiger partial charge on any atom is 0.222 e. The molecule has 5 heteroatoms. The molecule has 0 spiro atoms. The number of rotatable bonds is 14. The summed E-state index contributed by atoms with van der Waals surface area (Å²) in [5, 5.41) is 0. The Hall–Kier alpha value is -1.69. The van der Waals surface area contributed by atoms with Crippen LogP contribution in [0.5, 0.6) is 0 Å². The van der Waals surface area contributed by atoms with E-state index in [9.17, 15) is 4.79 Å². The van der Waals surface area contributed by atoms with Gasteiger partial charge in [0.2, 0.25) is 5.91 Å². The van der Waals surface area contributed by atoms with Crippen LogP contribution in [0.4, 0.5) is 0 Å². The molecule has 1 heterocycles. The first kappa shape index (κ1) is 27.9. The predicted molar refractivity (Wildman–Crippen MR) is 143 cm³/mol. The number of nitrogens with two attached hydrogens (primary N) is 1. The second-order valence-corrected chi connectivity index (χ2v) is 10.6. The molecule has 196 valence electrons. The van der Waals surface area contributed by atoms with Crippen molar-refractivity contribution in [3.05, 3.63) is 48.0 Å². The minimum absolute atomic E-state index is 0.0221. The largest absolute Gasteiger partial charge is 0.385 e. The maximum absolute atomic E-state index is 13.4. The highest BCUT2D eigenvalue weighted by Gasteiger charge is 2.33. The average Bonchev–Trinajstić information content (AvgIpc) is 2.90. The molecule has 0 unspecified atom stereocenters. The van der Waals surface area contributed by atoms with Crippen LogP contribution in [0.1, 0.15) is 81.4 Å². The van der Waals surface area contributed by atoms with Crippen LogP contribution >= 0.6 is 0 Å². The molecule has 1 saturated heterocycles. The lowest BCUT2D eigenvalue weighted by Gasteiger charge is -2.38. The molecule has 5 nitrogen and oxygen atoms in total. The number of hydrogen-bond acceptors (Lipinski definition) is 4. The summed E-state index contributed by atoms with van der Waals surface area (Å²) in [6.07, 6.45) is 14.1. The summed E-state index contributed by atoms with van der Waals surface area (Å²) in [5.41, 5.74) is 8.63. The first-order valence-corrected chi connectivity index (χ1v) is 13.9. The number of carbonyl (C=O) groups excluding carboxylic acids is 1. The summed E-state index contributed by atoms with van der Waals surface area (Å²) in [7, 11) is 1.73. The summed E-state index contributed by atoms with van der Waals surface area (Å²) in [6.45, 7) is 7.51. The molecule has 0 radical (unpaired) electrons. The Morgan fingerprint density at radius 1 is 1.17 bits per heavy atom.